The molecule has 0 saturated carbocycles. The second kappa shape index (κ2) is 4.73. The Morgan fingerprint density at radius 1 is 1.50 bits per heavy atom. The Morgan fingerprint density at radius 2 is 2.19 bits per heavy atom. The van der Waals surface area contributed by atoms with Gasteiger partial charge in [0.15, 0.2) is 0 Å². The van der Waals surface area contributed by atoms with E-state index >= 15 is 0 Å². The molecule has 1 aliphatic heterocycles. The molecule has 0 aliphatic carbocycles. The molecular formula is C10H8BrNO2S2. The molecule has 2 atom stereocenters. The van der Waals surface area contributed by atoms with E-state index in [1.165, 1.54) is 11.8 Å². The van der Waals surface area contributed by atoms with Crippen molar-refractivity contribution in [3.05, 3.63) is 34.3 Å². The molecule has 2 rings (SSSR count). The van der Waals surface area contributed by atoms with Crippen LogP contribution in [-0.2, 0) is 4.79 Å². The Bertz CT molecular complexity index is 452. The molecule has 16 heavy (non-hydrogen) atoms. The predicted molar refractivity (Wildman–Crippen MR) is 71.6 cm³/mol. The van der Waals surface area contributed by atoms with E-state index in [0.29, 0.717) is 4.32 Å². The van der Waals surface area contributed by atoms with Gasteiger partial charge in [0.1, 0.15) is 10.4 Å². The summed E-state index contributed by atoms with van der Waals surface area (Å²) in [6.07, 6.45) is 0. The van der Waals surface area contributed by atoms with Crippen molar-refractivity contribution in [1.82, 2.24) is 5.32 Å². The van der Waals surface area contributed by atoms with Gasteiger partial charge in [-0.3, -0.25) is 0 Å². The zero-order valence-corrected chi connectivity index (χ0v) is 11.2. The normalized spacial score (nSPS) is 24.2. The average molecular weight is 318 g/mol. The van der Waals surface area contributed by atoms with Crippen LogP contribution in [0.4, 0.5) is 0 Å². The molecule has 1 aromatic rings. The molecule has 0 bridgehead atoms. The Kier molecular flexibility index (Phi) is 3.51. The highest BCUT2D eigenvalue weighted by atomic mass is 79.9. The number of hydrogen-bond acceptors (Lipinski definition) is 3. The maximum Gasteiger partial charge on any atom is 0.327 e. The smallest absolute Gasteiger partial charge is 0.327 e. The lowest BCUT2D eigenvalue weighted by atomic mass is 10.1. The summed E-state index contributed by atoms with van der Waals surface area (Å²) < 4.78 is 1.44. The number of hydrogen-bond donors (Lipinski definition) is 2. The minimum absolute atomic E-state index is 0.180. The summed E-state index contributed by atoms with van der Waals surface area (Å²) in [5, 5.41) is 11.7. The number of nitrogens with one attached hydrogen (secondary N) is 1. The van der Waals surface area contributed by atoms with Gasteiger partial charge in [0.2, 0.25) is 0 Å². The second-order valence-electron chi connectivity index (χ2n) is 3.31. The minimum Gasteiger partial charge on any atom is -0.480 e. The van der Waals surface area contributed by atoms with Crippen LogP contribution in [0, 0.1) is 0 Å². The van der Waals surface area contributed by atoms with E-state index in [1.54, 1.807) is 0 Å². The van der Waals surface area contributed by atoms with E-state index in [9.17, 15) is 4.79 Å². The maximum atomic E-state index is 11.1. The zero-order chi connectivity index (χ0) is 11.7. The van der Waals surface area contributed by atoms with Crippen molar-refractivity contribution in [3.8, 4) is 0 Å². The summed E-state index contributed by atoms with van der Waals surface area (Å²) in [5.74, 6) is -0.881. The van der Waals surface area contributed by atoms with Gasteiger partial charge in [0.25, 0.3) is 0 Å². The summed E-state index contributed by atoms with van der Waals surface area (Å²) in [6, 6.07) is 6.94. The van der Waals surface area contributed by atoms with Crippen molar-refractivity contribution >= 4 is 50.2 Å². The molecule has 1 saturated heterocycles. The third-order valence-corrected chi connectivity index (χ3v) is 4.53. The standard InChI is InChI=1S/C10H8BrNO2S2/c11-6-4-2-1-3-5(6)8-7(9(13)14)12-10(15)16-8/h1-4,7-8H,(H,12,15)(H,13,14). The van der Waals surface area contributed by atoms with Gasteiger partial charge in [-0.05, 0) is 11.6 Å². The van der Waals surface area contributed by atoms with E-state index in [1.807, 2.05) is 24.3 Å². The number of carboxylic acid groups (broad SMARTS) is 1. The molecular weight excluding hydrogens is 310 g/mol. The zero-order valence-electron chi connectivity index (χ0n) is 8.01. The number of benzene rings is 1. The van der Waals surface area contributed by atoms with E-state index < -0.39 is 12.0 Å². The molecule has 1 heterocycles. The van der Waals surface area contributed by atoms with Gasteiger partial charge in [-0.2, -0.15) is 0 Å². The predicted octanol–water partition coefficient (Wildman–Crippen LogP) is 2.56. The molecule has 0 radical (unpaired) electrons. The van der Waals surface area contributed by atoms with Crippen LogP contribution in [-0.4, -0.2) is 21.4 Å². The van der Waals surface area contributed by atoms with Gasteiger partial charge in [-0.15, -0.1) is 0 Å². The first-order valence-corrected chi connectivity index (χ1v) is 6.62. The molecule has 2 unspecified atom stereocenters. The third-order valence-electron chi connectivity index (χ3n) is 2.29. The van der Waals surface area contributed by atoms with Crippen LogP contribution in [0.15, 0.2) is 28.7 Å². The molecule has 1 aliphatic rings. The first-order valence-electron chi connectivity index (χ1n) is 4.54. The van der Waals surface area contributed by atoms with Crippen LogP contribution in [0.2, 0.25) is 0 Å². The van der Waals surface area contributed by atoms with Crippen LogP contribution in [0.1, 0.15) is 10.8 Å². The molecule has 6 heteroatoms. The lowest BCUT2D eigenvalue weighted by Crippen LogP contribution is -2.35. The van der Waals surface area contributed by atoms with Crippen LogP contribution < -0.4 is 5.32 Å². The monoisotopic (exact) mass is 317 g/mol. The van der Waals surface area contributed by atoms with Crippen molar-refractivity contribution in [2.24, 2.45) is 0 Å². The van der Waals surface area contributed by atoms with Gasteiger partial charge in [-0.1, -0.05) is 58.1 Å². The summed E-state index contributed by atoms with van der Waals surface area (Å²) in [6.45, 7) is 0. The number of halogens is 1. The van der Waals surface area contributed by atoms with Crippen LogP contribution in [0.25, 0.3) is 0 Å². The summed E-state index contributed by atoms with van der Waals surface area (Å²) in [4.78, 5) is 11.1. The Labute approximate surface area is 111 Å². The SMILES string of the molecule is O=C(O)C1NC(=S)SC1c1ccccc1Br. The fraction of sp³-hybridized carbons (Fsp3) is 0.200. The second-order valence-corrected chi connectivity index (χ2v) is 5.98. The average Bonchev–Trinajstić information content (AvgIpc) is 2.61. The van der Waals surface area contributed by atoms with E-state index in [4.69, 9.17) is 17.3 Å². The lowest BCUT2D eigenvalue weighted by molar-refractivity contribution is -0.138. The molecule has 3 nitrogen and oxygen atoms in total. The minimum atomic E-state index is -0.881. The van der Waals surface area contributed by atoms with Crippen molar-refractivity contribution in [1.29, 1.82) is 0 Å². The highest BCUT2D eigenvalue weighted by Gasteiger charge is 2.38. The molecule has 0 spiro atoms. The number of thioether (sulfide) groups is 1. The van der Waals surface area contributed by atoms with E-state index in [0.717, 1.165) is 10.0 Å². The van der Waals surface area contributed by atoms with Crippen molar-refractivity contribution in [2.45, 2.75) is 11.3 Å². The number of rotatable bonds is 2. The number of carbonyl (C=O) groups is 1. The fourth-order valence-corrected chi connectivity index (χ4v) is 3.76. The van der Waals surface area contributed by atoms with Gasteiger partial charge in [0.05, 0.1) is 5.25 Å². The van der Waals surface area contributed by atoms with Gasteiger partial charge >= 0.3 is 5.97 Å². The summed E-state index contributed by atoms with van der Waals surface area (Å²) in [5.41, 5.74) is 0.951. The van der Waals surface area contributed by atoms with Crippen LogP contribution in [0.5, 0.6) is 0 Å². The maximum absolute atomic E-state index is 11.1. The molecule has 0 aromatic heterocycles. The highest BCUT2D eigenvalue weighted by molar-refractivity contribution is 9.10. The molecule has 2 N–H and O–H groups in total. The molecule has 1 aromatic carbocycles. The number of carboxylic acids is 1. The van der Waals surface area contributed by atoms with Crippen molar-refractivity contribution in [2.75, 3.05) is 0 Å². The van der Waals surface area contributed by atoms with Crippen LogP contribution >= 0.6 is 39.9 Å². The topological polar surface area (TPSA) is 49.3 Å². The Morgan fingerprint density at radius 3 is 2.81 bits per heavy atom. The lowest BCUT2D eigenvalue weighted by Gasteiger charge is -2.15. The quantitative estimate of drug-likeness (QED) is 0.821. The number of thiocarbonyl (C=S) groups is 1. The van der Waals surface area contributed by atoms with Crippen molar-refractivity contribution < 1.29 is 9.90 Å². The van der Waals surface area contributed by atoms with Gasteiger partial charge < -0.3 is 10.4 Å². The first-order chi connectivity index (χ1) is 7.59. The first kappa shape index (κ1) is 11.9. The Hall–Kier alpha value is -0.590. The Balaban J connectivity index is 2.36. The van der Waals surface area contributed by atoms with Crippen LogP contribution in [0.3, 0.4) is 0 Å². The number of aliphatic carboxylic acids is 1. The van der Waals surface area contributed by atoms with Gasteiger partial charge in [-0.25, -0.2) is 4.79 Å². The summed E-state index contributed by atoms with van der Waals surface area (Å²) in [7, 11) is 0. The molecule has 84 valence electrons. The van der Waals surface area contributed by atoms with Gasteiger partial charge in [0, 0.05) is 4.47 Å². The third kappa shape index (κ3) is 2.23. The largest absolute Gasteiger partial charge is 0.480 e. The van der Waals surface area contributed by atoms with E-state index in [-0.39, 0.29) is 5.25 Å². The van der Waals surface area contributed by atoms with Crippen molar-refractivity contribution in [3.63, 3.8) is 0 Å². The highest BCUT2D eigenvalue weighted by Crippen LogP contribution is 2.40. The summed E-state index contributed by atoms with van der Waals surface area (Å²) >= 11 is 9.81. The molecule has 1 fully saturated rings. The van der Waals surface area contributed by atoms with E-state index in [2.05, 4.69) is 21.2 Å². The molecule has 0 amide bonds. The fourth-order valence-electron chi connectivity index (χ4n) is 1.56.